The Hall–Kier alpha value is -1.99. The Bertz CT molecular complexity index is 569. The van der Waals surface area contributed by atoms with Crippen LogP contribution in [0, 0.1) is 0 Å². The smallest absolute Gasteiger partial charge is 0.417 e. The molecule has 1 aromatic carbocycles. The first-order valence-electron chi connectivity index (χ1n) is 5.69. The van der Waals surface area contributed by atoms with E-state index in [-0.39, 0.29) is 12.0 Å². The number of hydrogen-bond acceptors (Lipinski definition) is 1. The molecule has 8 heteroatoms. The van der Waals surface area contributed by atoms with E-state index < -0.39 is 35.0 Å². The van der Waals surface area contributed by atoms with E-state index in [1.807, 2.05) is 0 Å². The normalized spacial score (nSPS) is 12.9. The second-order valence-electron chi connectivity index (χ2n) is 4.13. The van der Waals surface area contributed by atoms with Crippen molar-refractivity contribution < 1.29 is 36.2 Å². The third-order valence-corrected chi connectivity index (χ3v) is 2.63. The summed E-state index contributed by atoms with van der Waals surface area (Å²) in [4.78, 5) is 10.4. The van der Waals surface area contributed by atoms with Crippen molar-refractivity contribution in [3.05, 3.63) is 40.5 Å². The summed E-state index contributed by atoms with van der Waals surface area (Å²) in [6.45, 7) is 1.48. The summed E-state index contributed by atoms with van der Waals surface area (Å²) in [5.41, 5.74) is -4.50. The molecule has 0 heterocycles. The topological polar surface area (TPSA) is 37.3 Å². The number of carboxylic acid groups (broad SMARTS) is 1. The van der Waals surface area contributed by atoms with Gasteiger partial charge in [0.25, 0.3) is 0 Å². The van der Waals surface area contributed by atoms with Gasteiger partial charge in [0.05, 0.1) is 11.1 Å². The zero-order valence-corrected chi connectivity index (χ0v) is 10.6. The van der Waals surface area contributed by atoms with Crippen molar-refractivity contribution in [2.75, 3.05) is 0 Å². The van der Waals surface area contributed by atoms with Gasteiger partial charge in [0, 0.05) is 6.08 Å². The van der Waals surface area contributed by atoms with Crippen molar-refractivity contribution in [2.45, 2.75) is 25.7 Å². The monoisotopic (exact) mass is 312 g/mol. The van der Waals surface area contributed by atoms with Gasteiger partial charge in [-0.05, 0) is 29.7 Å². The lowest BCUT2D eigenvalue weighted by Crippen LogP contribution is -2.18. The molecule has 0 bridgehead atoms. The number of halogens is 6. The molecule has 1 N–H and O–H groups in total. The van der Waals surface area contributed by atoms with Crippen LogP contribution in [0.4, 0.5) is 26.3 Å². The van der Waals surface area contributed by atoms with Crippen LogP contribution < -0.4 is 0 Å². The number of carboxylic acids is 1. The number of hydrogen-bond donors (Lipinski definition) is 1. The Morgan fingerprint density at radius 2 is 1.71 bits per heavy atom. The lowest BCUT2D eigenvalue weighted by molar-refractivity contribution is -0.162. The van der Waals surface area contributed by atoms with E-state index in [0.29, 0.717) is 18.2 Å². The summed E-state index contributed by atoms with van der Waals surface area (Å²) in [5.74, 6) is -1.56. The van der Waals surface area contributed by atoms with Crippen LogP contribution in [0.15, 0.2) is 18.2 Å². The molecule has 116 valence electrons. The molecule has 0 aromatic heterocycles. The first kappa shape index (κ1) is 17.1. The van der Waals surface area contributed by atoms with Crippen molar-refractivity contribution in [3.8, 4) is 0 Å². The highest BCUT2D eigenvalue weighted by Crippen LogP contribution is 2.43. The van der Waals surface area contributed by atoms with Gasteiger partial charge in [0.1, 0.15) is 0 Å². The summed E-state index contributed by atoms with van der Waals surface area (Å²) < 4.78 is 77.3. The summed E-state index contributed by atoms with van der Waals surface area (Å²) in [6, 6.07) is 1.33. The fraction of sp³-hybridized carbons (Fsp3) is 0.308. The third-order valence-electron chi connectivity index (χ3n) is 2.63. The minimum atomic E-state index is -5.25. The molecule has 0 amide bonds. The first-order chi connectivity index (χ1) is 9.46. The molecule has 1 rings (SSSR count). The molecule has 0 unspecified atom stereocenters. The predicted molar refractivity (Wildman–Crippen MR) is 62.5 cm³/mol. The Balaban J connectivity index is 3.71. The molecule has 2 nitrogen and oxygen atoms in total. The molecular formula is C13H10F6O2. The summed E-state index contributed by atoms with van der Waals surface area (Å²) in [6.07, 6.45) is -9.49. The van der Waals surface area contributed by atoms with Crippen LogP contribution >= 0.6 is 0 Å². The van der Waals surface area contributed by atoms with Gasteiger partial charge in [0.2, 0.25) is 0 Å². The minimum Gasteiger partial charge on any atom is -0.478 e. The summed E-state index contributed by atoms with van der Waals surface area (Å²) in [5, 5.41) is 8.43. The second kappa shape index (κ2) is 5.79. The van der Waals surface area contributed by atoms with Crippen molar-refractivity contribution in [3.63, 3.8) is 0 Å². The van der Waals surface area contributed by atoms with Crippen LogP contribution in [0.25, 0.3) is 6.08 Å². The summed E-state index contributed by atoms with van der Waals surface area (Å²) in [7, 11) is 0. The fourth-order valence-corrected chi connectivity index (χ4v) is 1.76. The third kappa shape index (κ3) is 4.24. The zero-order chi connectivity index (χ0) is 16.4. The number of aryl methyl sites for hydroxylation is 1. The molecule has 0 saturated heterocycles. The van der Waals surface area contributed by atoms with Crippen LogP contribution in [0.2, 0.25) is 0 Å². The molecule has 21 heavy (non-hydrogen) atoms. The van der Waals surface area contributed by atoms with E-state index in [1.165, 1.54) is 6.92 Å². The van der Waals surface area contributed by atoms with Gasteiger partial charge in [-0.25, -0.2) is 4.79 Å². The number of carbonyl (C=O) groups is 1. The van der Waals surface area contributed by atoms with Crippen LogP contribution in [0.5, 0.6) is 0 Å². The largest absolute Gasteiger partial charge is 0.478 e. The van der Waals surface area contributed by atoms with Crippen molar-refractivity contribution in [2.24, 2.45) is 0 Å². The minimum absolute atomic E-state index is 0.0281. The van der Waals surface area contributed by atoms with Gasteiger partial charge in [-0.2, -0.15) is 26.3 Å². The molecule has 0 aliphatic heterocycles. The average Bonchev–Trinajstić information content (AvgIpc) is 2.32. The Labute approximate surface area is 115 Å². The van der Waals surface area contributed by atoms with Crippen LogP contribution in [0.1, 0.15) is 29.2 Å². The number of rotatable bonds is 3. The molecule has 0 saturated carbocycles. The molecule has 0 spiro atoms. The molecule has 0 atom stereocenters. The molecule has 0 aliphatic carbocycles. The highest BCUT2D eigenvalue weighted by Gasteiger charge is 2.44. The predicted octanol–water partition coefficient (Wildman–Crippen LogP) is 4.38. The van der Waals surface area contributed by atoms with Gasteiger partial charge < -0.3 is 5.11 Å². The fourth-order valence-electron chi connectivity index (χ4n) is 1.76. The van der Waals surface area contributed by atoms with Gasteiger partial charge >= 0.3 is 18.3 Å². The van der Waals surface area contributed by atoms with Gasteiger partial charge in [-0.15, -0.1) is 0 Å². The van der Waals surface area contributed by atoms with Crippen molar-refractivity contribution in [1.82, 2.24) is 0 Å². The van der Waals surface area contributed by atoms with E-state index in [2.05, 4.69) is 0 Å². The van der Waals surface area contributed by atoms with Gasteiger partial charge in [0.15, 0.2) is 0 Å². The van der Waals surface area contributed by atoms with Crippen LogP contribution in [-0.2, 0) is 23.6 Å². The maximum atomic E-state index is 12.9. The highest BCUT2D eigenvalue weighted by atomic mass is 19.4. The van der Waals surface area contributed by atoms with Crippen LogP contribution in [0.3, 0.4) is 0 Å². The molecular weight excluding hydrogens is 302 g/mol. The zero-order valence-electron chi connectivity index (χ0n) is 10.6. The van der Waals surface area contributed by atoms with Crippen molar-refractivity contribution in [1.29, 1.82) is 0 Å². The summed E-state index contributed by atoms with van der Waals surface area (Å²) >= 11 is 0. The van der Waals surface area contributed by atoms with E-state index in [0.717, 1.165) is 6.07 Å². The molecule has 0 aliphatic rings. The first-order valence-corrected chi connectivity index (χ1v) is 5.69. The Morgan fingerprint density at radius 1 is 1.14 bits per heavy atom. The molecule has 0 fully saturated rings. The van der Waals surface area contributed by atoms with Gasteiger partial charge in [-0.3, -0.25) is 0 Å². The lowest BCUT2D eigenvalue weighted by atomic mass is 9.95. The Morgan fingerprint density at radius 3 is 2.10 bits per heavy atom. The average molecular weight is 312 g/mol. The van der Waals surface area contributed by atoms with E-state index in [4.69, 9.17) is 5.11 Å². The van der Waals surface area contributed by atoms with Gasteiger partial charge in [-0.1, -0.05) is 13.0 Å². The van der Waals surface area contributed by atoms with E-state index in [9.17, 15) is 31.1 Å². The quantitative estimate of drug-likeness (QED) is 0.664. The van der Waals surface area contributed by atoms with Crippen molar-refractivity contribution >= 4 is 12.0 Å². The second-order valence-corrected chi connectivity index (χ2v) is 4.13. The van der Waals surface area contributed by atoms with Crippen LogP contribution in [-0.4, -0.2) is 11.1 Å². The number of alkyl halides is 6. The maximum absolute atomic E-state index is 12.9. The standard InChI is InChI=1S/C13H10F6O2/c1-2-7-5-8(3-4-10(20)21)11(13(17,18)19)9(6-7)12(14,15)16/h3-6H,2H2,1H3,(H,20,21)/b4-3+. The van der Waals surface area contributed by atoms with E-state index >= 15 is 0 Å². The molecule has 1 aromatic rings. The lowest BCUT2D eigenvalue weighted by Gasteiger charge is -2.19. The molecule has 0 radical (unpaired) electrons. The highest BCUT2D eigenvalue weighted by molar-refractivity contribution is 5.85. The number of aliphatic carboxylic acids is 1. The SMILES string of the molecule is CCc1cc(/C=C/C(=O)O)c(C(F)(F)F)c(C(F)(F)F)c1. The maximum Gasteiger partial charge on any atom is 0.417 e. The van der Waals surface area contributed by atoms with E-state index in [1.54, 1.807) is 0 Å². The number of benzene rings is 1. The Kier molecular flexibility index (Phi) is 4.70.